The Hall–Kier alpha value is -1.46. The fraction of sp³-hybridized carbons (Fsp3) is 0.611. The van der Waals surface area contributed by atoms with Gasteiger partial charge in [-0.2, -0.15) is 0 Å². The van der Waals surface area contributed by atoms with Gasteiger partial charge in [-0.25, -0.2) is 0 Å². The average molecular weight is 359 g/mol. The number of hydrogen-bond acceptors (Lipinski definition) is 4. The number of carbonyl (C=O) groups excluding carboxylic acids is 1. The number of halogens is 1. The van der Waals surface area contributed by atoms with Gasteiger partial charge in [0.05, 0.1) is 19.8 Å². The topological polar surface area (TPSA) is 73.6 Å². The Morgan fingerprint density at radius 3 is 2.50 bits per heavy atom. The van der Waals surface area contributed by atoms with Crippen molar-refractivity contribution in [2.24, 2.45) is 11.1 Å². The fourth-order valence-corrected chi connectivity index (χ4v) is 1.96. The first-order valence-electron chi connectivity index (χ1n) is 8.12. The summed E-state index contributed by atoms with van der Waals surface area (Å²) in [6.45, 7) is 9.04. The number of hydrogen-bond donors (Lipinski definition) is 2. The summed E-state index contributed by atoms with van der Waals surface area (Å²) in [6.07, 6.45) is 2.09. The first-order chi connectivity index (χ1) is 10.8. The van der Waals surface area contributed by atoms with Crippen LogP contribution in [0.25, 0.3) is 0 Å². The normalized spacial score (nSPS) is 12.1. The third-order valence-electron chi connectivity index (χ3n) is 3.67. The van der Waals surface area contributed by atoms with E-state index in [-0.39, 0.29) is 23.7 Å². The quantitative estimate of drug-likeness (QED) is 0.699. The van der Waals surface area contributed by atoms with Crippen LogP contribution in [0.3, 0.4) is 0 Å². The van der Waals surface area contributed by atoms with Crippen LogP contribution in [0.4, 0.5) is 0 Å². The molecule has 0 aliphatic carbocycles. The van der Waals surface area contributed by atoms with E-state index in [9.17, 15) is 4.79 Å². The highest BCUT2D eigenvalue weighted by molar-refractivity contribution is 5.85. The highest BCUT2D eigenvalue weighted by atomic mass is 35.5. The Bertz CT molecular complexity index is 515. The predicted molar refractivity (Wildman–Crippen MR) is 99.9 cm³/mol. The molecule has 1 amide bonds. The van der Waals surface area contributed by atoms with Gasteiger partial charge in [0, 0.05) is 6.54 Å². The van der Waals surface area contributed by atoms with Gasteiger partial charge in [0.25, 0.3) is 0 Å². The van der Waals surface area contributed by atoms with Crippen molar-refractivity contribution < 1.29 is 14.3 Å². The van der Waals surface area contributed by atoms with Gasteiger partial charge in [0.1, 0.15) is 0 Å². The fourth-order valence-electron chi connectivity index (χ4n) is 1.96. The summed E-state index contributed by atoms with van der Waals surface area (Å²) in [7, 11) is 1.61. The van der Waals surface area contributed by atoms with Gasteiger partial charge >= 0.3 is 0 Å². The van der Waals surface area contributed by atoms with E-state index in [1.54, 1.807) is 7.11 Å². The van der Waals surface area contributed by atoms with Gasteiger partial charge in [0.2, 0.25) is 5.91 Å². The summed E-state index contributed by atoms with van der Waals surface area (Å²) in [6, 6.07) is 5.14. The van der Waals surface area contributed by atoms with Gasteiger partial charge < -0.3 is 20.5 Å². The molecule has 0 radical (unpaired) electrons. The van der Waals surface area contributed by atoms with E-state index in [1.807, 2.05) is 39.0 Å². The maximum atomic E-state index is 12.1. The summed E-state index contributed by atoms with van der Waals surface area (Å²) < 4.78 is 11.1. The van der Waals surface area contributed by atoms with Crippen molar-refractivity contribution in [3.05, 3.63) is 23.8 Å². The molecule has 0 unspecified atom stereocenters. The van der Waals surface area contributed by atoms with E-state index in [0.717, 1.165) is 24.2 Å². The molecule has 1 aromatic carbocycles. The maximum absolute atomic E-state index is 12.1. The minimum atomic E-state index is -0.541. The van der Waals surface area contributed by atoms with E-state index in [1.165, 1.54) is 0 Å². The van der Waals surface area contributed by atoms with Crippen LogP contribution in [0.2, 0.25) is 0 Å². The Labute approximate surface area is 151 Å². The standard InChI is InChI=1S/C18H30N2O3.ClH/c1-6-7-10-23-14-9-8-13(11-15(14)22-5)12-20-17(21)16(19)18(2,3)4;/h8-9,11,16H,6-7,10,12,19H2,1-5H3,(H,20,21);1H/t16-;/m1./s1. The molecule has 1 atom stereocenters. The summed E-state index contributed by atoms with van der Waals surface area (Å²) >= 11 is 0. The molecule has 0 fully saturated rings. The second-order valence-electron chi connectivity index (χ2n) is 6.75. The lowest BCUT2D eigenvalue weighted by molar-refractivity contribution is -0.124. The van der Waals surface area contributed by atoms with Crippen LogP contribution in [-0.4, -0.2) is 25.7 Å². The molecule has 0 bridgehead atoms. The summed E-state index contributed by atoms with van der Waals surface area (Å²) in [5, 5.41) is 2.87. The third kappa shape index (κ3) is 6.97. The molecule has 0 aromatic heterocycles. The minimum Gasteiger partial charge on any atom is -0.493 e. The van der Waals surface area contributed by atoms with Crippen LogP contribution < -0.4 is 20.5 Å². The van der Waals surface area contributed by atoms with Crippen molar-refractivity contribution in [3.8, 4) is 11.5 Å². The molecule has 24 heavy (non-hydrogen) atoms. The van der Waals surface area contributed by atoms with E-state index in [0.29, 0.717) is 18.9 Å². The summed E-state index contributed by atoms with van der Waals surface area (Å²) in [4.78, 5) is 12.1. The van der Waals surface area contributed by atoms with E-state index >= 15 is 0 Å². The van der Waals surface area contributed by atoms with E-state index < -0.39 is 6.04 Å². The molecule has 6 heteroatoms. The van der Waals surface area contributed by atoms with Crippen LogP contribution in [0.15, 0.2) is 18.2 Å². The number of carbonyl (C=O) groups is 1. The molecule has 1 aromatic rings. The minimum absolute atomic E-state index is 0. The summed E-state index contributed by atoms with van der Waals surface area (Å²) in [5.74, 6) is 1.25. The van der Waals surface area contributed by atoms with Crippen LogP contribution in [-0.2, 0) is 11.3 Å². The van der Waals surface area contributed by atoms with Gasteiger partial charge in [-0.1, -0.05) is 40.2 Å². The van der Waals surface area contributed by atoms with Gasteiger partial charge in [0.15, 0.2) is 11.5 Å². The molecule has 0 spiro atoms. The summed E-state index contributed by atoms with van der Waals surface area (Å²) in [5.41, 5.74) is 6.63. The highest BCUT2D eigenvalue weighted by Gasteiger charge is 2.27. The molecule has 0 aliphatic rings. The number of methoxy groups -OCH3 is 1. The van der Waals surface area contributed by atoms with Crippen LogP contribution in [0, 0.1) is 5.41 Å². The van der Waals surface area contributed by atoms with Crippen molar-refractivity contribution in [1.82, 2.24) is 5.32 Å². The second-order valence-corrected chi connectivity index (χ2v) is 6.75. The van der Waals surface area contributed by atoms with Gasteiger partial charge in [-0.3, -0.25) is 4.79 Å². The average Bonchev–Trinajstić information content (AvgIpc) is 2.51. The first kappa shape index (κ1) is 22.5. The zero-order chi connectivity index (χ0) is 17.5. The molecule has 1 rings (SSSR count). The Kier molecular flexibility index (Phi) is 9.78. The number of nitrogens with one attached hydrogen (secondary N) is 1. The van der Waals surface area contributed by atoms with Crippen molar-refractivity contribution in [3.63, 3.8) is 0 Å². The smallest absolute Gasteiger partial charge is 0.237 e. The SMILES string of the molecule is CCCCOc1ccc(CNC(=O)[C@@H](N)C(C)(C)C)cc1OC.Cl. The highest BCUT2D eigenvalue weighted by Crippen LogP contribution is 2.28. The van der Waals surface area contributed by atoms with E-state index in [4.69, 9.17) is 15.2 Å². The number of benzene rings is 1. The number of amides is 1. The zero-order valence-corrected chi connectivity index (χ0v) is 16.2. The van der Waals surface area contributed by atoms with Crippen molar-refractivity contribution in [2.45, 2.75) is 53.1 Å². The molecular weight excluding hydrogens is 328 g/mol. The molecule has 0 saturated carbocycles. The van der Waals surface area contributed by atoms with Crippen molar-refractivity contribution in [2.75, 3.05) is 13.7 Å². The number of rotatable bonds is 8. The molecule has 0 heterocycles. The second kappa shape index (κ2) is 10.4. The maximum Gasteiger partial charge on any atom is 0.237 e. The zero-order valence-electron chi connectivity index (χ0n) is 15.3. The molecule has 0 aliphatic heterocycles. The lowest BCUT2D eigenvalue weighted by Crippen LogP contribution is -2.48. The number of nitrogens with two attached hydrogens (primary N) is 1. The van der Waals surface area contributed by atoms with Crippen molar-refractivity contribution >= 4 is 18.3 Å². The lowest BCUT2D eigenvalue weighted by atomic mass is 9.87. The van der Waals surface area contributed by atoms with Crippen molar-refractivity contribution in [1.29, 1.82) is 0 Å². The molecule has 3 N–H and O–H groups in total. The predicted octanol–water partition coefficient (Wildman–Crippen LogP) is 3.29. The van der Waals surface area contributed by atoms with Crippen LogP contribution in [0.1, 0.15) is 46.1 Å². The van der Waals surface area contributed by atoms with Gasteiger partial charge in [-0.05, 0) is 29.5 Å². The van der Waals surface area contributed by atoms with Gasteiger partial charge in [-0.15, -0.1) is 12.4 Å². The molecular formula is C18H31ClN2O3. The third-order valence-corrected chi connectivity index (χ3v) is 3.67. The molecule has 5 nitrogen and oxygen atoms in total. The lowest BCUT2D eigenvalue weighted by Gasteiger charge is -2.25. The Balaban J connectivity index is 0.00000529. The first-order valence-corrected chi connectivity index (χ1v) is 8.12. The Morgan fingerprint density at radius 2 is 1.96 bits per heavy atom. The Morgan fingerprint density at radius 1 is 1.29 bits per heavy atom. The largest absolute Gasteiger partial charge is 0.493 e. The molecule has 0 saturated heterocycles. The van der Waals surface area contributed by atoms with E-state index in [2.05, 4.69) is 12.2 Å². The monoisotopic (exact) mass is 358 g/mol. The number of unbranched alkanes of at least 4 members (excludes halogenated alkanes) is 1. The van der Waals surface area contributed by atoms with Crippen LogP contribution >= 0.6 is 12.4 Å². The molecule has 138 valence electrons. The van der Waals surface area contributed by atoms with Crippen LogP contribution in [0.5, 0.6) is 11.5 Å². The number of ether oxygens (including phenoxy) is 2.